The van der Waals surface area contributed by atoms with Crippen LogP contribution in [0.25, 0.3) is 0 Å². The Balaban J connectivity index is 2.41. The van der Waals surface area contributed by atoms with Gasteiger partial charge in [-0.25, -0.2) is 4.39 Å². The molecule has 1 fully saturated rings. The Morgan fingerprint density at radius 2 is 2.12 bits per heavy atom. The lowest BCUT2D eigenvalue weighted by molar-refractivity contribution is 0.403. The molecule has 2 rings (SSSR count). The average molecular weight is 235 g/mol. The molecule has 0 saturated heterocycles. The maximum Gasteiger partial charge on any atom is 0.128 e. The van der Waals surface area contributed by atoms with Gasteiger partial charge in [-0.1, -0.05) is 19.4 Å². The summed E-state index contributed by atoms with van der Waals surface area (Å²) in [4.78, 5) is 0. The van der Waals surface area contributed by atoms with E-state index < -0.39 is 5.54 Å². The third kappa shape index (κ3) is 2.23. The van der Waals surface area contributed by atoms with Crippen LogP contribution in [0.2, 0.25) is 0 Å². The van der Waals surface area contributed by atoms with E-state index >= 15 is 0 Å². The smallest absolute Gasteiger partial charge is 0.128 e. The molecule has 0 aliphatic heterocycles. The van der Waals surface area contributed by atoms with Gasteiger partial charge in [0, 0.05) is 11.1 Å². The van der Waals surface area contributed by atoms with Gasteiger partial charge in [-0.2, -0.15) is 0 Å². The molecule has 17 heavy (non-hydrogen) atoms. The van der Waals surface area contributed by atoms with Crippen molar-refractivity contribution in [3.05, 3.63) is 34.6 Å². The summed E-state index contributed by atoms with van der Waals surface area (Å²) in [5, 5.41) is 0. The molecule has 1 aromatic carbocycles. The van der Waals surface area contributed by atoms with Gasteiger partial charge in [0.25, 0.3) is 0 Å². The molecule has 2 N–H and O–H groups in total. The minimum absolute atomic E-state index is 0.123. The number of benzene rings is 1. The number of halogens is 1. The van der Waals surface area contributed by atoms with E-state index in [1.165, 1.54) is 0 Å². The van der Waals surface area contributed by atoms with E-state index in [4.69, 9.17) is 5.73 Å². The van der Waals surface area contributed by atoms with Crippen molar-refractivity contribution in [1.82, 2.24) is 0 Å². The van der Waals surface area contributed by atoms with Crippen LogP contribution in [-0.2, 0) is 5.54 Å². The monoisotopic (exact) mass is 235 g/mol. The molecule has 0 aromatic heterocycles. The Morgan fingerprint density at radius 1 is 1.41 bits per heavy atom. The number of hydrogen-bond donors (Lipinski definition) is 1. The van der Waals surface area contributed by atoms with Crippen LogP contribution in [0.15, 0.2) is 12.1 Å². The predicted octanol–water partition coefficient (Wildman–Crippen LogP) is 3.81. The lowest BCUT2D eigenvalue weighted by Crippen LogP contribution is -2.35. The van der Waals surface area contributed by atoms with Crippen LogP contribution in [0.4, 0.5) is 4.39 Å². The van der Waals surface area contributed by atoms with E-state index in [0.717, 1.165) is 42.4 Å². The standard InChI is InChI=1S/C15H22FN/c1-4-12-5-6-15(17,9-12)14-11(3)7-10(2)8-13(14)16/h7-8,12H,4-6,9,17H2,1-3H3. The number of hydrogen-bond acceptors (Lipinski definition) is 1. The fourth-order valence-electron chi connectivity index (χ4n) is 3.30. The van der Waals surface area contributed by atoms with Crippen molar-refractivity contribution >= 4 is 0 Å². The quantitative estimate of drug-likeness (QED) is 0.829. The Morgan fingerprint density at radius 3 is 2.65 bits per heavy atom. The first-order chi connectivity index (χ1) is 7.96. The van der Waals surface area contributed by atoms with Crippen molar-refractivity contribution in [2.45, 2.75) is 52.0 Å². The molecule has 0 amide bonds. The molecule has 1 aliphatic carbocycles. The van der Waals surface area contributed by atoms with Gasteiger partial charge < -0.3 is 5.73 Å². The molecular formula is C15H22FN. The molecule has 2 unspecified atom stereocenters. The molecular weight excluding hydrogens is 213 g/mol. The van der Waals surface area contributed by atoms with Gasteiger partial charge >= 0.3 is 0 Å². The van der Waals surface area contributed by atoms with E-state index in [1.54, 1.807) is 6.07 Å². The first-order valence-corrected chi connectivity index (χ1v) is 6.52. The van der Waals surface area contributed by atoms with Crippen LogP contribution in [0.1, 0.15) is 49.3 Å². The topological polar surface area (TPSA) is 26.0 Å². The Bertz CT molecular complexity index is 404. The van der Waals surface area contributed by atoms with E-state index in [2.05, 4.69) is 6.92 Å². The number of rotatable bonds is 2. The summed E-state index contributed by atoms with van der Waals surface area (Å²) in [7, 11) is 0. The third-order valence-corrected chi connectivity index (χ3v) is 4.16. The summed E-state index contributed by atoms with van der Waals surface area (Å²) in [6.07, 6.45) is 4.10. The van der Waals surface area contributed by atoms with Gasteiger partial charge in [0.05, 0.1) is 0 Å². The van der Waals surface area contributed by atoms with Crippen molar-refractivity contribution < 1.29 is 4.39 Å². The molecule has 1 aromatic rings. The molecule has 2 atom stereocenters. The lowest BCUT2D eigenvalue weighted by atomic mass is 9.84. The zero-order chi connectivity index (χ0) is 12.6. The molecule has 94 valence electrons. The van der Waals surface area contributed by atoms with Crippen LogP contribution in [0, 0.1) is 25.6 Å². The van der Waals surface area contributed by atoms with Crippen LogP contribution in [0.3, 0.4) is 0 Å². The highest BCUT2D eigenvalue weighted by atomic mass is 19.1. The van der Waals surface area contributed by atoms with Gasteiger partial charge in [0.15, 0.2) is 0 Å². The predicted molar refractivity (Wildman–Crippen MR) is 69.4 cm³/mol. The largest absolute Gasteiger partial charge is 0.321 e. The highest BCUT2D eigenvalue weighted by molar-refractivity contribution is 5.38. The second kappa shape index (κ2) is 4.41. The zero-order valence-corrected chi connectivity index (χ0v) is 11.0. The molecule has 1 aliphatic rings. The van der Waals surface area contributed by atoms with Gasteiger partial charge in [-0.05, 0) is 56.2 Å². The first-order valence-electron chi connectivity index (χ1n) is 6.52. The van der Waals surface area contributed by atoms with E-state index in [1.807, 2.05) is 19.9 Å². The summed E-state index contributed by atoms with van der Waals surface area (Å²) >= 11 is 0. The molecule has 0 bridgehead atoms. The lowest BCUT2D eigenvalue weighted by Gasteiger charge is -2.27. The highest BCUT2D eigenvalue weighted by Gasteiger charge is 2.39. The molecule has 0 heterocycles. The van der Waals surface area contributed by atoms with E-state index in [-0.39, 0.29) is 5.82 Å². The van der Waals surface area contributed by atoms with Gasteiger partial charge in [0.2, 0.25) is 0 Å². The molecule has 2 heteroatoms. The summed E-state index contributed by atoms with van der Waals surface area (Å²) in [6, 6.07) is 3.64. The SMILES string of the molecule is CCC1CCC(N)(c2c(C)cc(C)cc2F)C1. The second-order valence-electron chi connectivity index (χ2n) is 5.61. The van der Waals surface area contributed by atoms with Gasteiger partial charge in [-0.15, -0.1) is 0 Å². The summed E-state index contributed by atoms with van der Waals surface area (Å²) < 4.78 is 14.2. The zero-order valence-electron chi connectivity index (χ0n) is 11.0. The van der Waals surface area contributed by atoms with Crippen molar-refractivity contribution in [3.8, 4) is 0 Å². The minimum atomic E-state index is -0.442. The Hall–Kier alpha value is -0.890. The van der Waals surface area contributed by atoms with Crippen LogP contribution in [0.5, 0.6) is 0 Å². The average Bonchev–Trinajstić information content (AvgIpc) is 2.59. The number of nitrogens with two attached hydrogens (primary N) is 1. The third-order valence-electron chi connectivity index (χ3n) is 4.16. The van der Waals surface area contributed by atoms with Gasteiger partial charge in [-0.3, -0.25) is 0 Å². The minimum Gasteiger partial charge on any atom is -0.321 e. The van der Waals surface area contributed by atoms with Crippen molar-refractivity contribution in [1.29, 1.82) is 0 Å². The normalized spacial score (nSPS) is 28.6. The number of aryl methyl sites for hydroxylation is 2. The Kier molecular flexibility index (Phi) is 3.26. The fraction of sp³-hybridized carbons (Fsp3) is 0.600. The summed E-state index contributed by atoms with van der Waals surface area (Å²) in [6.45, 7) is 6.08. The molecule has 1 saturated carbocycles. The Labute approximate surface area is 103 Å². The maximum absolute atomic E-state index is 14.2. The van der Waals surface area contributed by atoms with E-state index in [9.17, 15) is 4.39 Å². The van der Waals surface area contributed by atoms with Crippen LogP contribution in [-0.4, -0.2) is 0 Å². The molecule has 0 spiro atoms. The van der Waals surface area contributed by atoms with E-state index in [0.29, 0.717) is 5.92 Å². The summed E-state index contributed by atoms with van der Waals surface area (Å²) in [5.41, 5.74) is 8.74. The first kappa shape index (κ1) is 12.6. The van der Waals surface area contributed by atoms with Gasteiger partial charge in [0.1, 0.15) is 5.82 Å². The molecule has 1 nitrogen and oxygen atoms in total. The van der Waals surface area contributed by atoms with Crippen molar-refractivity contribution in [2.75, 3.05) is 0 Å². The summed E-state index contributed by atoms with van der Waals surface area (Å²) in [5.74, 6) is 0.529. The second-order valence-corrected chi connectivity index (χ2v) is 5.61. The highest BCUT2D eigenvalue weighted by Crippen LogP contribution is 2.43. The van der Waals surface area contributed by atoms with Crippen LogP contribution >= 0.6 is 0 Å². The van der Waals surface area contributed by atoms with Crippen molar-refractivity contribution in [3.63, 3.8) is 0 Å². The van der Waals surface area contributed by atoms with Crippen molar-refractivity contribution in [2.24, 2.45) is 11.7 Å². The molecule has 0 radical (unpaired) electrons. The van der Waals surface area contributed by atoms with Crippen LogP contribution < -0.4 is 5.73 Å². The fourth-order valence-corrected chi connectivity index (χ4v) is 3.30. The maximum atomic E-state index is 14.2.